The summed E-state index contributed by atoms with van der Waals surface area (Å²) in [4.78, 5) is 15.3. The van der Waals surface area contributed by atoms with Crippen molar-refractivity contribution in [2.45, 2.75) is 52.2 Å². The Morgan fingerprint density at radius 3 is 2.58 bits per heavy atom. The zero-order chi connectivity index (χ0) is 14.5. The van der Waals surface area contributed by atoms with Crippen LogP contribution in [0.5, 0.6) is 0 Å². The van der Waals surface area contributed by atoms with Crippen molar-refractivity contribution >= 4 is 5.78 Å². The lowest BCUT2D eigenvalue weighted by Crippen LogP contribution is -2.28. The van der Waals surface area contributed by atoms with Crippen molar-refractivity contribution < 1.29 is 9.90 Å². The third kappa shape index (κ3) is 5.94. The molecule has 0 aliphatic rings. The Kier molecular flexibility index (Phi) is 5.63. The molecule has 0 saturated heterocycles. The summed E-state index contributed by atoms with van der Waals surface area (Å²) in [6.45, 7) is 8.94. The molecule has 0 saturated carbocycles. The molecule has 2 N–H and O–H groups in total. The first-order chi connectivity index (χ1) is 8.79. The summed E-state index contributed by atoms with van der Waals surface area (Å²) in [7, 11) is 0. The molecule has 106 valence electrons. The molecule has 1 atom stereocenters. The number of hydrogen-bond acceptors (Lipinski definition) is 4. The maximum Gasteiger partial charge on any atom is 0.132 e. The first-order valence-electron chi connectivity index (χ1n) is 6.62. The van der Waals surface area contributed by atoms with E-state index in [1.807, 2.05) is 18.3 Å². The number of hydrogen-bond donors (Lipinski definition) is 2. The smallest absolute Gasteiger partial charge is 0.132 e. The molecule has 1 aromatic heterocycles. The van der Waals surface area contributed by atoms with Gasteiger partial charge in [0.25, 0.3) is 0 Å². The van der Waals surface area contributed by atoms with Crippen LogP contribution >= 0.6 is 0 Å². The zero-order valence-electron chi connectivity index (χ0n) is 12.2. The summed E-state index contributed by atoms with van der Waals surface area (Å²) in [6, 6.07) is 4.07. The second-order valence-corrected chi connectivity index (χ2v) is 5.99. The van der Waals surface area contributed by atoms with E-state index >= 15 is 0 Å². The minimum atomic E-state index is -0.612. The van der Waals surface area contributed by atoms with Crippen molar-refractivity contribution in [1.29, 1.82) is 0 Å². The van der Waals surface area contributed by atoms with Gasteiger partial charge in [0.05, 0.1) is 6.10 Å². The number of carbonyl (C=O) groups excluding carboxylic acids is 1. The van der Waals surface area contributed by atoms with Crippen molar-refractivity contribution in [1.82, 2.24) is 10.3 Å². The predicted molar refractivity (Wildman–Crippen MR) is 75.9 cm³/mol. The van der Waals surface area contributed by atoms with Crippen LogP contribution in [0.15, 0.2) is 18.3 Å². The van der Waals surface area contributed by atoms with E-state index in [0.717, 1.165) is 11.3 Å². The molecule has 19 heavy (non-hydrogen) atoms. The Labute approximate surface area is 115 Å². The summed E-state index contributed by atoms with van der Waals surface area (Å²) < 4.78 is 0. The average Bonchev–Trinajstić information content (AvgIpc) is 2.27. The van der Waals surface area contributed by atoms with Gasteiger partial charge in [0, 0.05) is 36.8 Å². The SMILES string of the molecule is CC(=O)CC(O)CNCc1ccc(C(C)(C)C)nc1. The monoisotopic (exact) mass is 264 g/mol. The molecule has 0 spiro atoms. The van der Waals surface area contributed by atoms with E-state index in [2.05, 4.69) is 31.1 Å². The Morgan fingerprint density at radius 1 is 1.42 bits per heavy atom. The molecule has 4 heteroatoms. The molecule has 0 aliphatic heterocycles. The molecule has 0 amide bonds. The summed E-state index contributed by atoms with van der Waals surface area (Å²) >= 11 is 0. The minimum absolute atomic E-state index is 0.00509. The number of ketones is 1. The second-order valence-electron chi connectivity index (χ2n) is 5.99. The molecule has 1 aromatic rings. The number of rotatable bonds is 6. The van der Waals surface area contributed by atoms with Crippen LogP contribution in [-0.4, -0.2) is 28.5 Å². The summed E-state index contributed by atoms with van der Waals surface area (Å²) in [5, 5.41) is 12.7. The standard InChI is InChI=1S/C15H24N2O2/c1-11(18)7-13(19)10-16-8-12-5-6-14(17-9-12)15(2,3)4/h5-6,9,13,16,19H,7-8,10H2,1-4H3. The fourth-order valence-corrected chi connectivity index (χ4v) is 1.76. The second kappa shape index (κ2) is 6.78. The van der Waals surface area contributed by atoms with Gasteiger partial charge in [-0.15, -0.1) is 0 Å². The van der Waals surface area contributed by atoms with Crippen LogP contribution in [0, 0.1) is 0 Å². The van der Waals surface area contributed by atoms with Crippen LogP contribution in [-0.2, 0) is 16.8 Å². The van der Waals surface area contributed by atoms with Gasteiger partial charge in [-0.05, 0) is 18.6 Å². The third-order valence-electron chi connectivity index (χ3n) is 2.83. The fraction of sp³-hybridized carbons (Fsp3) is 0.600. The molecule has 1 rings (SSSR count). The van der Waals surface area contributed by atoms with Crippen LogP contribution in [0.2, 0.25) is 0 Å². The first kappa shape index (κ1) is 15.8. The molecule has 0 aliphatic carbocycles. The van der Waals surface area contributed by atoms with Crippen molar-refractivity contribution in [3.63, 3.8) is 0 Å². The number of nitrogens with zero attached hydrogens (tertiary/aromatic N) is 1. The normalized spacial score (nSPS) is 13.3. The summed E-state index contributed by atoms with van der Waals surface area (Å²) in [5.74, 6) is 0.00509. The van der Waals surface area contributed by atoms with Gasteiger partial charge in [0.1, 0.15) is 5.78 Å². The summed E-state index contributed by atoms with van der Waals surface area (Å²) in [6.07, 6.45) is 1.44. The van der Waals surface area contributed by atoms with Crippen molar-refractivity contribution in [2.24, 2.45) is 0 Å². The number of aliphatic hydroxyl groups is 1. The Morgan fingerprint density at radius 2 is 2.11 bits per heavy atom. The highest BCUT2D eigenvalue weighted by atomic mass is 16.3. The van der Waals surface area contributed by atoms with Crippen LogP contribution in [0.3, 0.4) is 0 Å². The van der Waals surface area contributed by atoms with E-state index in [1.165, 1.54) is 6.92 Å². The number of aromatic nitrogens is 1. The number of aliphatic hydroxyl groups excluding tert-OH is 1. The average molecular weight is 264 g/mol. The Balaban J connectivity index is 2.40. The van der Waals surface area contributed by atoms with Crippen LogP contribution in [0.4, 0.5) is 0 Å². The molecular formula is C15H24N2O2. The van der Waals surface area contributed by atoms with Crippen molar-refractivity contribution in [3.05, 3.63) is 29.6 Å². The quantitative estimate of drug-likeness (QED) is 0.822. The van der Waals surface area contributed by atoms with Crippen molar-refractivity contribution in [2.75, 3.05) is 6.54 Å². The van der Waals surface area contributed by atoms with E-state index in [9.17, 15) is 9.90 Å². The number of pyridine rings is 1. The van der Waals surface area contributed by atoms with E-state index in [-0.39, 0.29) is 17.6 Å². The van der Waals surface area contributed by atoms with Crippen LogP contribution in [0.1, 0.15) is 45.4 Å². The molecule has 4 nitrogen and oxygen atoms in total. The lowest BCUT2D eigenvalue weighted by atomic mass is 9.91. The third-order valence-corrected chi connectivity index (χ3v) is 2.83. The highest BCUT2D eigenvalue weighted by Gasteiger charge is 2.14. The van der Waals surface area contributed by atoms with Gasteiger partial charge >= 0.3 is 0 Å². The zero-order valence-corrected chi connectivity index (χ0v) is 12.2. The van der Waals surface area contributed by atoms with Gasteiger partial charge in [0.2, 0.25) is 0 Å². The maximum atomic E-state index is 10.8. The lowest BCUT2D eigenvalue weighted by Gasteiger charge is -2.17. The fourth-order valence-electron chi connectivity index (χ4n) is 1.76. The highest BCUT2D eigenvalue weighted by Crippen LogP contribution is 2.19. The van der Waals surface area contributed by atoms with Gasteiger partial charge in [-0.2, -0.15) is 0 Å². The molecular weight excluding hydrogens is 240 g/mol. The van der Waals surface area contributed by atoms with Crippen LogP contribution in [0.25, 0.3) is 0 Å². The van der Waals surface area contributed by atoms with Gasteiger partial charge in [-0.1, -0.05) is 26.8 Å². The molecule has 0 fully saturated rings. The molecule has 0 aromatic carbocycles. The topological polar surface area (TPSA) is 62.2 Å². The minimum Gasteiger partial charge on any atom is -0.391 e. The van der Waals surface area contributed by atoms with Gasteiger partial charge < -0.3 is 10.4 Å². The summed E-state index contributed by atoms with van der Waals surface area (Å²) in [5.41, 5.74) is 2.19. The maximum absolute atomic E-state index is 10.8. The van der Waals surface area contributed by atoms with Gasteiger partial charge in [-0.3, -0.25) is 9.78 Å². The van der Waals surface area contributed by atoms with Gasteiger partial charge in [-0.25, -0.2) is 0 Å². The number of carbonyl (C=O) groups is 1. The number of nitrogens with one attached hydrogen (secondary N) is 1. The molecule has 1 heterocycles. The van der Waals surface area contributed by atoms with E-state index in [0.29, 0.717) is 13.1 Å². The number of Topliss-reactive ketones (excluding diaryl/α,β-unsaturated/α-hetero) is 1. The largest absolute Gasteiger partial charge is 0.391 e. The first-order valence-corrected chi connectivity index (χ1v) is 6.62. The Hall–Kier alpha value is -1.26. The molecule has 0 bridgehead atoms. The van der Waals surface area contributed by atoms with E-state index < -0.39 is 6.10 Å². The van der Waals surface area contributed by atoms with Crippen LogP contribution < -0.4 is 5.32 Å². The lowest BCUT2D eigenvalue weighted by molar-refractivity contribution is -0.118. The van der Waals surface area contributed by atoms with Crippen molar-refractivity contribution in [3.8, 4) is 0 Å². The van der Waals surface area contributed by atoms with Gasteiger partial charge in [0.15, 0.2) is 0 Å². The Bertz CT molecular complexity index is 407. The van der Waals surface area contributed by atoms with E-state index in [4.69, 9.17) is 0 Å². The molecule has 1 unspecified atom stereocenters. The van der Waals surface area contributed by atoms with E-state index in [1.54, 1.807) is 0 Å². The predicted octanol–water partition coefficient (Wildman–Crippen LogP) is 1.81. The molecule has 0 radical (unpaired) electrons. The highest BCUT2D eigenvalue weighted by molar-refractivity contribution is 5.75.